The van der Waals surface area contributed by atoms with Gasteiger partial charge in [-0.3, -0.25) is 0 Å². The van der Waals surface area contributed by atoms with Crippen molar-refractivity contribution in [3.05, 3.63) is 42.5 Å². The summed E-state index contributed by atoms with van der Waals surface area (Å²) in [6.45, 7) is 4.61. The zero-order valence-electron chi connectivity index (χ0n) is 11.2. The zero-order valence-corrected chi connectivity index (χ0v) is 11.2. The van der Waals surface area contributed by atoms with Crippen LogP contribution in [-0.4, -0.2) is 19.7 Å². The Morgan fingerprint density at radius 1 is 1.50 bits per heavy atom. The van der Waals surface area contributed by atoms with Crippen molar-refractivity contribution in [1.29, 1.82) is 0 Å². The first-order chi connectivity index (χ1) is 8.85. The number of para-hydroxylation sites is 1. The molecule has 0 spiro atoms. The van der Waals surface area contributed by atoms with E-state index in [0.29, 0.717) is 12.0 Å². The maximum atomic E-state index is 5.87. The number of benzene rings is 1. The molecule has 2 nitrogen and oxygen atoms in total. The third kappa shape index (κ3) is 3.14. The SMILES string of the molecule is C=CCCCC(NC)C1COc2ccccc2C1. The van der Waals surface area contributed by atoms with Crippen LogP contribution >= 0.6 is 0 Å². The van der Waals surface area contributed by atoms with Crippen molar-refractivity contribution in [2.24, 2.45) is 5.92 Å². The van der Waals surface area contributed by atoms with Gasteiger partial charge >= 0.3 is 0 Å². The molecule has 1 aromatic carbocycles. The minimum Gasteiger partial charge on any atom is -0.493 e. The van der Waals surface area contributed by atoms with Crippen molar-refractivity contribution < 1.29 is 4.74 Å². The number of unbranched alkanes of at least 4 members (excludes halogenated alkanes) is 1. The Hall–Kier alpha value is -1.28. The molecule has 98 valence electrons. The summed E-state index contributed by atoms with van der Waals surface area (Å²) >= 11 is 0. The van der Waals surface area contributed by atoms with E-state index in [2.05, 4.69) is 37.1 Å². The van der Waals surface area contributed by atoms with Crippen molar-refractivity contribution in [2.45, 2.75) is 31.7 Å². The van der Waals surface area contributed by atoms with Crippen LogP contribution < -0.4 is 10.1 Å². The third-order valence-electron chi connectivity index (χ3n) is 3.77. The van der Waals surface area contributed by atoms with Gasteiger partial charge in [-0.1, -0.05) is 24.3 Å². The lowest BCUT2D eigenvalue weighted by atomic mass is 9.88. The van der Waals surface area contributed by atoms with Gasteiger partial charge in [0.1, 0.15) is 5.75 Å². The molecule has 0 aliphatic carbocycles. The van der Waals surface area contributed by atoms with Crippen LogP contribution in [0.4, 0.5) is 0 Å². The van der Waals surface area contributed by atoms with E-state index in [1.54, 1.807) is 0 Å². The molecule has 0 bridgehead atoms. The Balaban J connectivity index is 1.95. The fourth-order valence-electron chi connectivity index (χ4n) is 2.71. The summed E-state index contributed by atoms with van der Waals surface area (Å²) in [5.41, 5.74) is 1.35. The third-order valence-corrected chi connectivity index (χ3v) is 3.77. The molecule has 18 heavy (non-hydrogen) atoms. The molecule has 0 saturated heterocycles. The lowest BCUT2D eigenvalue weighted by Crippen LogP contribution is -2.39. The van der Waals surface area contributed by atoms with Crippen LogP contribution in [0, 0.1) is 5.92 Å². The Morgan fingerprint density at radius 2 is 2.33 bits per heavy atom. The second-order valence-corrected chi connectivity index (χ2v) is 5.00. The fraction of sp³-hybridized carbons (Fsp3) is 0.500. The number of allylic oxidation sites excluding steroid dienone is 1. The maximum absolute atomic E-state index is 5.87. The largest absolute Gasteiger partial charge is 0.493 e. The number of rotatable bonds is 6. The summed E-state index contributed by atoms with van der Waals surface area (Å²) in [7, 11) is 2.05. The van der Waals surface area contributed by atoms with Gasteiger partial charge in [0.25, 0.3) is 0 Å². The van der Waals surface area contributed by atoms with Gasteiger partial charge in [0.15, 0.2) is 0 Å². The van der Waals surface area contributed by atoms with Gasteiger partial charge in [0.05, 0.1) is 6.61 Å². The van der Waals surface area contributed by atoms with Crippen LogP contribution in [-0.2, 0) is 6.42 Å². The van der Waals surface area contributed by atoms with E-state index in [1.807, 2.05) is 12.1 Å². The maximum Gasteiger partial charge on any atom is 0.122 e. The number of hydrogen-bond acceptors (Lipinski definition) is 2. The van der Waals surface area contributed by atoms with Crippen molar-refractivity contribution in [3.63, 3.8) is 0 Å². The molecule has 1 N–H and O–H groups in total. The van der Waals surface area contributed by atoms with E-state index in [-0.39, 0.29) is 0 Å². The molecule has 2 heteroatoms. The fourth-order valence-corrected chi connectivity index (χ4v) is 2.71. The first-order valence-electron chi connectivity index (χ1n) is 6.84. The van der Waals surface area contributed by atoms with Crippen molar-refractivity contribution in [3.8, 4) is 5.75 Å². The number of nitrogens with one attached hydrogen (secondary N) is 1. The highest BCUT2D eigenvalue weighted by molar-refractivity contribution is 5.35. The Kier molecular flexibility index (Phi) is 4.82. The van der Waals surface area contributed by atoms with Crippen LogP contribution in [0.25, 0.3) is 0 Å². The highest BCUT2D eigenvalue weighted by Crippen LogP contribution is 2.29. The monoisotopic (exact) mass is 245 g/mol. The smallest absolute Gasteiger partial charge is 0.122 e. The van der Waals surface area contributed by atoms with Gasteiger partial charge in [-0.15, -0.1) is 6.58 Å². The quantitative estimate of drug-likeness (QED) is 0.614. The molecule has 2 unspecified atom stereocenters. The molecule has 1 heterocycles. The van der Waals surface area contributed by atoms with Gasteiger partial charge < -0.3 is 10.1 Å². The molecule has 1 aliphatic rings. The second-order valence-electron chi connectivity index (χ2n) is 5.00. The molecule has 2 rings (SSSR count). The predicted molar refractivity (Wildman–Crippen MR) is 76.0 cm³/mol. The second kappa shape index (κ2) is 6.60. The molecule has 0 aromatic heterocycles. The van der Waals surface area contributed by atoms with Gasteiger partial charge in [-0.25, -0.2) is 0 Å². The summed E-state index contributed by atoms with van der Waals surface area (Å²) in [4.78, 5) is 0. The van der Waals surface area contributed by atoms with Crippen LogP contribution in [0.5, 0.6) is 5.75 Å². The van der Waals surface area contributed by atoms with E-state index in [1.165, 1.54) is 18.4 Å². The number of ether oxygens (including phenoxy) is 1. The lowest BCUT2D eigenvalue weighted by molar-refractivity contribution is 0.182. The summed E-state index contributed by atoms with van der Waals surface area (Å²) in [6.07, 6.45) is 6.61. The Labute approximate surface area is 110 Å². The standard InChI is InChI=1S/C16H23NO/c1-3-4-5-9-15(17-2)14-11-13-8-6-7-10-16(13)18-12-14/h3,6-8,10,14-15,17H,1,4-5,9,11-12H2,2H3. The first-order valence-corrected chi connectivity index (χ1v) is 6.84. The predicted octanol–water partition coefficient (Wildman–Crippen LogP) is 3.18. The summed E-state index contributed by atoms with van der Waals surface area (Å²) in [5.74, 6) is 1.64. The van der Waals surface area contributed by atoms with Crippen molar-refractivity contribution in [2.75, 3.05) is 13.7 Å². The van der Waals surface area contributed by atoms with E-state index < -0.39 is 0 Å². The molecule has 2 atom stereocenters. The van der Waals surface area contributed by atoms with E-state index in [4.69, 9.17) is 4.74 Å². The normalized spacial score (nSPS) is 19.7. The molecule has 1 aliphatic heterocycles. The first kappa shape index (κ1) is 13.2. The summed E-state index contributed by atoms with van der Waals surface area (Å²) < 4.78 is 5.87. The molecule has 0 amide bonds. The van der Waals surface area contributed by atoms with Gasteiger partial charge in [0, 0.05) is 12.0 Å². The van der Waals surface area contributed by atoms with Crippen LogP contribution in [0.3, 0.4) is 0 Å². The average molecular weight is 245 g/mol. The molecule has 1 aromatic rings. The van der Waals surface area contributed by atoms with Crippen molar-refractivity contribution >= 4 is 0 Å². The highest BCUT2D eigenvalue weighted by atomic mass is 16.5. The van der Waals surface area contributed by atoms with Gasteiger partial charge in [0.2, 0.25) is 0 Å². The molecule has 0 radical (unpaired) electrons. The minimum atomic E-state index is 0.540. The highest BCUT2D eigenvalue weighted by Gasteiger charge is 2.25. The minimum absolute atomic E-state index is 0.540. The van der Waals surface area contributed by atoms with Crippen LogP contribution in [0.1, 0.15) is 24.8 Å². The van der Waals surface area contributed by atoms with E-state index >= 15 is 0 Å². The summed E-state index contributed by atoms with van der Waals surface area (Å²) in [6, 6.07) is 8.92. The Bertz CT molecular complexity index is 388. The number of fused-ring (bicyclic) bond motifs is 1. The summed E-state index contributed by atoms with van der Waals surface area (Å²) in [5, 5.41) is 3.45. The van der Waals surface area contributed by atoms with E-state index in [9.17, 15) is 0 Å². The van der Waals surface area contributed by atoms with Crippen LogP contribution in [0.15, 0.2) is 36.9 Å². The van der Waals surface area contributed by atoms with Gasteiger partial charge in [-0.05, 0) is 44.4 Å². The average Bonchev–Trinajstić information content (AvgIpc) is 2.43. The zero-order chi connectivity index (χ0) is 12.8. The van der Waals surface area contributed by atoms with Gasteiger partial charge in [-0.2, -0.15) is 0 Å². The van der Waals surface area contributed by atoms with Crippen LogP contribution in [0.2, 0.25) is 0 Å². The number of hydrogen-bond donors (Lipinski definition) is 1. The molecule has 0 saturated carbocycles. The lowest BCUT2D eigenvalue weighted by Gasteiger charge is -2.31. The molecular formula is C16H23NO. The molecular weight excluding hydrogens is 222 g/mol. The van der Waals surface area contributed by atoms with E-state index in [0.717, 1.165) is 25.2 Å². The molecule has 0 fully saturated rings. The Morgan fingerprint density at radius 3 is 3.11 bits per heavy atom. The topological polar surface area (TPSA) is 21.3 Å². The van der Waals surface area contributed by atoms with Crippen molar-refractivity contribution in [1.82, 2.24) is 5.32 Å².